The Morgan fingerprint density at radius 3 is 1.35 bits per heavy atom. The third kappa shape index (κ3) is 17.8. The number of aromatic amines is 1. The second kappa shape index (κ2) is 35.3. The number of anilines is 1. The summed E-state index contributed by atoms with van der Waals surface area (Å²) in [7, 11) is -8.20. The average molecular weight is 1750 g/mol. The normalized spacial score (nSPS) is 24.8. The molecule has 0 spiro atoms. The zero-order chi connectivity index (χ0) is 83.1. The number of carboxylic acid groups (broad SMARTS) is 3. The second-order valence-electron chi connectivity index (χ2n) is 35.3. The van der Waals surface area contributed by atoms with Gasteiger partial charge in [0.25, 0.3) is 20.0 Å². The number of pyridine rings is 3. The van der Waals surface area contributed by atoms with Crippen molar-refractivity contribution in [3.05, 3.63) is 189 Å². The molecule has 10 heterocycles. The van der Waals surface area contributed by atoms with E-state index in [2.05, 4.69) is 45.9 Å². The summed E-state index contributed by atoms with van der Waals surface area (Å²) in [6.07, 6.45) is 29.1. The number of aromatic nitrogens is 11. The molecule has 2 aromatic carbocycles. The Hall–Kier alpha value is -8.30. The standard InChI is InChI=1S/C30H32N4O4S.C23H26N4O2.C21H27BN2O4S.C15H19ClN2O2.CH4.Y/c1-17-4-10-22(11-5-17)39(37,38)34-16-25(24-12-18(2)14-32-29(24)34)28-31-15-19(3)26(33-28)13-23-20-6-8-21(9-7-20)27(23)30(35)36;1-12-7-17-18(11-26-21(17)24-9-12)22-25-10-13(2)19(27-22)8-16-14-3-5-15(6-4-14)20(16)23(28)29;1-14-7-9-16(10-8-14)29(25,26)24-13-18(17-11-15(2)12-23-19(17)24)22-27-20(3,4)21(5,6)28-22;1-8-7-17-15(16)18-12(8)6-11-9-2-4-10(5-3-9)13(11)14(19)20;;/h4-5,10-12,14-16,20-21,23,27H,6-9,13H2,1-3H3,(H,35,36);7,9-11,14-16,20H,3-6,8H2,1-2H3,(H,24,26)(H,28,29);7-12,18H,13H2,1-6H3;7,9-11,13H,2-6H2,1H3,(H,19,20);1H4;/t20?,21?,23?,27-;14?,15?,16?,20-;;9?,10?,11?,13-;;/m00.0../s1. The van der Waals surface area contributed by atoms with Crippen LogP contribution in [-0.2, 0) is 95.7 Å². The van der Waals surface area contributed by atoms with Gasteiger partial charge in [-0.05, 0) is 320 Å². The molecule has 625 valence electrons. The number of aryl methyl sites for hydroxylation is 8. The number of carbonyl (C=O) groups is 3. The van der Waals surface area contributed by atoms with Crippen LogP contribution in [0.4, 0.5) is 5.82 Å². The molecule has 6 bridgehead atoms. The van der Waals surface area contributed by atoms with Crippen molar-refractivity contribution in [1.29, 1.82) is 0 Å². The van der Waals surface area contributed by atoms with Gasteiger partial charge in [-0.15, -0.1) is 0 Å². The summed E-state index contributed by atoms with van der Waals surface area (Å²) in [5.41, 5.74) is 13.1. The van der Waals surface area contributed by atoms with Crippen LogP contribution in [0.25, 0.3) is 44.8 Å². The van der Waals surface area contributed by atoms with E-state index in [0.29, 0.717) is 76.5 Å². The van der Waals surface area contributed by atoms with Crippen molar-refractivity contribution in [3.8, 4) is 22.8 Å². The second-order valence-corrected chi connectivity index (χ2v) is 39.3. The maximum Gasteiger partial charge on any atom is 0.467 e. The first-order valence-electron chi connectivity index (χ1n) is 41.1. The molecular formula is C90H108BClN12O12S2Y. The minimum atomic E-state index is -3.91. The van der Waals surface area contributed by atoms with Crippen LogP contribution in [0.3, 0.4) is 0 Å². The van der Waals surface area contributed by atoms with Gasteiger partial charge >= 0.3 is 25.0 Å². The summed E-state index contributed by atoms with van der Waals surface area (Å²) < 4.78 is 69.3. The van der Waals surface area contributed by atoms with Gasteiger partial charge in [0.2, 0.25) is 5.28 Å². The van der Waals surface area contributed by atoms with Crippen LogP contribution in [0, 0.1) is 126 Å². The van der Waals surface area contributed by atoms with Crippen molar-refractivity contribution < 1.29 is 88.6 Å². The van der Waals surface area contributed by atoms with Crippen molar-refractivity contribution in [3.63, 3.8) is 0 Å². The van der Waals surface area contributed by atoms with Crippen molar-refractivity contribution >= 4 is 84.6 Å². The zero-order valence-corrected chi connectivity index (χ0v) is 74.3. The van der Waals surface area contributed by atoms with Gasteiger partial charge in [0.05, 0.1) is 38.7 Å². The Morgan fingerprint density at radius 2 is 0.891 bits per heavy atom. The van der Waals surface area contributed by atoms with E-state index in [0.717, 1.165) is 167 Å². The van der Waals surface area contributed by atoms with Gasteiger partial charge in [0.15, 0.2) is 17.3 Å². The summed E-state index contributed by atoms with van der Waals surface area (Å²) in [5.74, 6) is 1.27. The molecule has 0 amide bonds. The van der Waals surface area contributed by atoms with Gasteiger partial charge in [-0.1, -0.05) is 48.9 Å². The van der Waals surface area contributed by atoms with Crippen molar-refractivity contribution in [1.82, 2.24) is 53.8 Å². The SMILES string of the molecule is C.Cc1ccc(S(=O)(=O)N2CC(B3OC(C)(C)C(C)(C)O3)c3cc(C)cnc32)cc1.Cc1ccc(S(=O)(=O)n2cc(-c3ncc(C)c(CC4C5CCC(CC5)[C@@H]4C(=O)O)n3)c3cc(C)cnc32)cc1.Cc1cnc(Cl)nc1CC1C2CCC(CC2)[C@@H]1C(=O)O.Cc1cnc2[nH]cc(-c3ncc(C)c(CC4C5CCC(CC5)[C@@H]4C(=O)O)n3)c2c1.[Y]. The fourth-order valence-corrected chi connectivity index (χ4v) is 23.1. The minimum Gasteiger partial charge on any atom is -0.481 e. The Balaban J connectivity index is 0.000000140. The fourth-order valence-electron chi connectivity index (χ4n) is 20.1. The third-order valence-electron chi connectivity index (χ3n) is 27.2. The van der Waals surface area contributed by atoms with Crippen molar-refractivity contribution in [2.24, 2.45) is 71.0 Å². The number of benzene rings is 2. The quantitative estimate of drug-likeness (QED) is 0.0516. The number of carboxylic acids is 3. The number of halogens is 1. The van der Waals surface area contributed by atoms with Gasteiger partial charge < -0.3 is 29.6 Å². The van der Waals surface area contributed by atoms with E-state index in [1.54, 1.807) is 79.5 Å². The number of sulfonamides is 1. The molecule has 11 aliphatic rings. The molecule has 4 N–H and O–H groups in total. The predicted octanol–water partition coefficient (Wildman–Crippen LogP) is 17.0. The maximum absolute atomic E-state index is 13.7. The van der Waals surface area contributed by atoms with Gasteiger partial charge in [-0.25, -0.2) is 70.0 Å². The Morgan fingerprint density at radius 1 is 0.496 bits per heavy atom. The molecular weight excluding hydrogens is 1640 g/mol. The van der Waals surface area contributed by atoms with E-state index < -0.39 is 56.3 Å². The molecule has 119 heavy (non-hydrogen) atoms. The Labute approximate surface area is 728 Å². The summed E-state index contributed by atoms with van der Waals surface area (Å²) in [6.45, 7) is 23.9. The maximum atomic E-state index is 13.7. The first-order valence-corrected chi connectivity index (χ1v) is 44.4. The molecule has 29 heteroatoms. The number of nitrogens with one attached hydrogen (secondary N) is 1. The van der Waals surface area contributed by atoms with Crippen LogP contribution in [-0.4, -0.2) is 129 Å². The molecule has 2 aliphatic heterocycles. The number of nitrogens with zero attached hydrogens (tertiary/aromatic N) is 11. The first-order chi connectivity index (χ1) is 55.6. The van der Waals surface area contributed by atoms with Gasteiger partial charge in [0, 0.05) is 134 Å². The van der Waals surface area contributed by atoms with Crippen molar-refractivity contribution in [2.45, 2.75) is 214 Å². The van der Waals surface area contributed by atoms with E-state index in [1.165, 1.54) is 8.28 Å². The summed E-state index contributed by atoms with van der Waals surface area (Å²) in [6, 6.07) is 19.6. The third-order valence-corrected chi connectivity index (χ3v) is 30.8. The van der Waals surface area contributed by atoms with Crippen molar-refractivity contribution in [2.75, 3.05) is 10.8 Å². The molecule has 10 aromatic rings. The molecule has 8 aromatic heterocycles. The van der Waals surface area contributed by atoms with Gasteiger partial charge in [-0.3, -0.25) is 14.4 Å². The molecule has 1 radical (unpaired) electrons. The molecule has 4 unspecified atom stereocenters. The van der Waals surface area contributed by atoms with Crippen LogP contribution in [0.1, 0.15) is 185 Å². The molecule has 10 fully saturated rings. The number of H-pyrrole nitrogens is 1. The molecule has 7 atom stereocenters. The number of fused-ring (bicyclic) bond motifs is 12. The zero-order valence-electron chi connectivity index (χ0n) is 69.1. The van der Waals surface area contributed by atoms with Crippen LogP contribution in [0.15, 0.2) is 126 Å². The van der Waals surface area contributed by atoms with Gasteiger partial charge in [0.1, 0.15) is 11.5 Å². The van der Waals surface area contributed by atoms with E-state index in [9.17, 15) is 46.5 Å². The van der Waals surface area contributed by atoms with Crippen LogP contribution in [0.5, 0.6) is 0 Å². The van der Waals surface area contributed by atoms with Crippen LogP contribution < -0.4 is 4.31 Å². The molecule has 24 nitrogen and oxygen atoms in total. The Bertz CT molecular complexity index is 5680. The van der Waals surface area contributed by atoms with E-state index >= 15 is 0 Å². The predicted molar refractivity (Wildman–Crippen MR) is 454 cm³/mol. The van der Waals surface area contributed by atoms with E-state index in [-0.39, 0.29) is 109 Å². The number of aliphatic carboxylic acids is 3. The van der Waals surface area contributed by atoms with Crippen LogP contribution in [0.2, 0.25) is 5.28 Å². The minimum absolute atomic E-state index is 0. The molecule has 9 saturated carbocycles. The van der Waals surface area contributed by atoms with Gasteiger partial charge in [-0.2, -0.15) is 0 Å². The Kier molecular flexibility index (Phi) is 26.2. The monoisotopic (exact) mass is 1750 g/mol. The summed E-state index contributed by atoms with van der Waals surface area (Å²) >= 11 is 5.87. The number of rotatable bonds is 16. The molecule has 21 rings (SSSR count). The molecule has 1 saturated heterocycles. The largest absolute Gasteiger partial charge is 0.481 e. The average Bonchev–Trinajstić information content (AvgIpc) is 1.56. The topological polar surface area (TPSA) is 339 Å². The van der Waals surface area contributed by atoms with E-state index in [1.807, 2.05) is 114 Å². The number of hydrogen-bond donors (Lipinski definition) is 4. The smallest absolute Gasteiger partial charge is 0.467 e. The fraction of sp³-hybridized carbons (Fsp3) is 0.489. The number of hydrogen-bond acceptors (Lipinski definition) is 18. The first kappa shape index (κ1) is 88.5. The summed E-state index contributed by atoms with van der Waals surface area (Å²) in [4.78, 5) is 80.2. The van der Waals surface area contributed by atoms with Crippen LogP contribution >= 0.6 is 11.6 Å². The molecule has 9 aliphatic carbocycles. The summed E-state index contributed by atoms with van der Waals surface area (Å²) in [5, 5.41) is 31.4. The van der Waals surface area contributed by atoms with E-state index in [4.69, 9.17) is 30.9 Å².